The Balaban J connectivity index is 2.00. The zero-order chi connectivity index (χ0) is 32.4. The molecule has 0 aromatic heterocycles. The van der Waals surface area contributed by atoms with Gasteiger partial charge in [0, 0.05) is 47.1 Å². The van der Waals surface area contributed by atoms with E-state index in [1.54, 1.807) is 39.8 Å². The SMILES string of the molecule is CCOc1c(-c2ccc(NC(C)=O)cc2C(C)(C)O)ccc2c(OCC)c(-c3ccc(NC(C)=O)cc3C(C)(C)O)ccc12. The fraction of sp³-hybridized carbons (Fsp3) is 0.333. The maximum Gasteiger partial charge on any atom is 0.221 e. The van der Waals surface area contributed by atoms with E-state index in [4.69, 9.17) is 9.47 Å². The smallest absolute Gasteiger partial charge is 0.221 e. The highest BCUT2D eigenvalue weighted by molar-refractivity contribution is 6.03. The maximum atomic E-state index is 11.7. The third kappa shape index (κ3) is 6.87. The van der Waals surface area contributed by atoms with Gasteiger partial charge in [-0.05, 0) is 112 Å². The van der Waals surface area contributed by atoms with E-state index >= 15 is 0 Å². The molecule has 8 nitrogen and oxygen atoms in total. The molecule has 0 aliphatic rings. The zero-order valence-corrected chi connectivity index (χ0v) is 26.7. The molecule has 2 amide bonds. The Labute approximate surface area is 259 Å². The molecule has 0 heterocycles. The van der Waals surface area contributed by atoms with Crippen LogP contribution in [-0.4, -0.2) is 35.2 Å². The van der Waals surface area contributed by atoms with Gasteiger partial charge in [0.1, 0.15) is 11.5 Å². The number of fused-ring (bicyclic) bond motifs is 1. The van der Waals surface area contributed by atoms with Gasteiger partial charge < -0.3 is 30.3 Å². The highest BCUT2D eigenvalue weighted by atomic mass is 16.5. The average Bonchev–Trinajstić information content (AvgIpc) is 2.92. The second-order valence-corrected chi connectivity index (χ2v) is 11.8. The van der Waals surface area contributed by atoms with Crippen molar-refractivity contribution in [1.29, 1.82) is 0 Å². The summed E-state index contributed by atoms with van der Waals surface area (Å²) in [5, 5.41) is 29.5. The van der Waals surface area contributed by atoms with Crippen LogP contribution < -0.4 is 20.1 Å². The topological polar surface area (TPSA) is 117 Å². The lowest BCUT2D eigenvalue weighted by atomic mass is 9.86. The van der Waals surface area contributed by atoms with Crippen LogP contribution in [0.3, 0.4) is 0 Å². The number of amides is 2. The van der Waals surface area contributed by atoms with Crippen LogP contribution in [-0.2, 0) is 20.8 Å². The fourth-order valence-electron chi connectivity index (χ4n) is 5.51. The van der Waals surface area contributed by atoms with Crippen LogP contribution in [0.25, 0.3) is 33.0 Å². The number of hydrogen-bond donors (Lipinski definition) is 4. The first-order chi connectivity index (χ1) is 20.6. The summed E-state index contributed by atoms with van der Waals surface area (Å²) in [5.41, 5.74) is 3.17. The van der Waals surface area contributed by atoms with Crippen LogP contribution in [0.1, 0.15) is 66.5 Å². The van der Waals surface area contributed by atoms with Gasteiger partial charge in [-0.15, -0.1) is 0 Å². The van der Waals surface area contributed by atoms with E-state index < -0.39 is 11.2 Å². The van der Waals surface area contributed by atoms with Gasteiger partial charge in [-0.2, -0.15) is 0 Å². The molecule has 0 fully saturated rings. The van der Waals surface area contributed by atoms with Crippen LogP contribution in [0.5, 0.6) is 11.5 Å². The Hall–Kier alpha value is -4.40. The van der Waals surface area contributed by atoms with Crippen LogP contribution in [0.15, 0.2) is 60.7 Å². The Morgan fingerprint density at radius 2 is 0.955 bits per heavy atom. The summed E-state index contributed by atoms with van der Waals surface area (Å²) in [6, 6.07) is 18.8. The Morgan fingerprint density at radius 1 is 0.614 bits per heavy atom. The van der Waals surface area contributed by atoms with Crippen LogP contribution >= 0.6 is 0 Å². The van der Waals surface area contributed by atoms with Crippen molar-refractivity contribution in [2.45, 2.75) is 66.6 Å². The summed E-state index contributed by atoms with van der Waals surface area (Å²) >= 11 is 0. The molecule has 0 aliphatic carbocycles. The molecule has 4 rings (SSSR count). The minimum Gasteiger partial charge on any atom is -0.493 e. The Bertz CT molecular complexity index is 1590. The molecule has 0 aliphatic heterocycles. The van der Waals surface area contributed by atoms with Crippen molar-refractivity contribution in [3.63, 3.8) is 0 Å². The van der Waals surface area contributed by atoms with Crippen molar-refractivity contribution in [1.82, 2.24) is 0 Å². The van der Waals surface area contributed by atoms with Crippen molar-refractivity contribution in [3.8, 4) is 33.8 Å². The molecular weight excluding hydrogens is 556 g/mol. The molecule has 4 aromatic carbocycles. The van der Waals surface area contributed by atoms with Gasteiger partial charge in [0.25, 0.3) is 0 Å². The number of ether oxygens (including phenoxy) is 2. The zero-order valence-electron chi connectivity index (χ0n) is 26.7. The number of anilines is 2. The minimum absolute atomic E-state index is 0.197. The van der Waals surface area contributed by atoms with E-state index in [2.05, 4.69) is 10.6 Å². The predicted octanol–water partition coefficient (Wildman–Crippen LogP) is 7.34. The quantitative estimate of drug-likeness (QED) is 0.152. The van der Waals surface area contributed by atoms with Crippen LogP contribution in [0.2, 0.25) is 0 Å². The van der Waals surface area contributed by atoms with Crippen molar-refractivity contribution in [2.24, 2.45) is 0 Å². The lowest BCUT2D eigenvalue weighted by Gasteiger charge is -2.26. The summed E-state index contributed by atoms with van der Waals surface area (Å²) in [6.07, 6.45) is 0. The van der Waals surface area contributed by atoms with Gasteiger partial charge in [-0.25, -0.2) is 0 Å². The van der Waals surface area contributed by atoms with E-state index in [1.807, 2.05) is 62.4 Å². The summed E-state index contributed by atoms with van der Waals surface area (Å²) < 4.78 is 12.6. The maximum absolute atomic E-state index is 11.7. The van der Waals surface area contributed by atoms with Gasteiger partial charge in [-0.1, -0.05) is 12.1 Å². The molecule has 4 aromatic rings. The summed E-state index contributed by atoms with van der Waals surface area (Å²) in [5.74, 6) is 0.881. The second-order valence-electron chi connectivity index (χ2n) is 11.8. The molecule has 0 spiro atoms. The Morgan fingerprint density at radius 3 is 1.25 bits per heavy atom. The van der Waals surface area contributed by atoms with E-state index in [9.17, 15) is 19.8 Å². The molecule has 0 bridgehead atoms. The third-order valence-electron chi connectivity index (χ3n) is 7.26. The lowest BCUT2D eigenvalue weighted by molar-refractivity contribution is -0.115. The molecule has 0 radical (unpaired) electrons. The number of rotatable bonds is 10. The largest absolute Gasteiger partial charge is 0.493 e. The first-order valence-electron chi connectivity index (χ1n) is 14.8. The number of hydrogen-bond acceptors (Lipinski definition) is 6. The molecule has 0 unspecified atom stereocenters. The van der Waals surface area contributed by atoms with Crippen LogP contribution in [0, 0.1) is 0 Å². The number of benzene rings is 4. The van der Waals surface area contributed by atoms with Crippen molar-refractivity contribution < 1.29 is 29.3 Å². The molecule has 4 N–H and O–H groups in total. The van der Waals surface area contributed by atoms with Crippen molar-refractivity contribution >= 4 is 34.0 Å². The van der Waals surface area contributed by atoms with Gasteiger partial charge >= 0.3 is 0 Å². The van der Waals surface area contributed by atoms with Gasteiger partial charge in [0.05, 0.1) is 24.4 Å². The summed E-state index contributed by atoms with van der Waals surface area (Å²) in [7, 11) is 0. The van der Waals surface area contributed by atoms with Crippen LogP contribution in [0.4, 0.5) is 11.4 Å². The van der Waals surface area contributed by atoms with E-state index in [0.717, 1.165) is 33.0 Å². The van der Waals surface area contributed by atoms with E-state index in [-0.39, 0.29) is 11.8 Å². The normalized spacial score (nSPS) is 11.8. The van der Waals surface area contributed by atoms with Crippen molar-refractivity contribution in [3.05, 3.63) is 71.8 Å². The number of carbonyl (C=O) groups is 2. The number of carbonyl (C=O) groups excluding carboxylic acids is 2. The van der Waals surface area contributed by atoms with E-state index in [0.29, 0.717) is 47.2 Å². The molecule has 0 saturated heterocycles. The monoisotopic (exact) mass is 598 g/mol. The van der Waals surface area contributed by atoms with Gasteiger partial charge in [-0.3, -0.25) is 9.59 Å². The van der Waals surface area contributed by atoms with Gasteiger partial charge in [0.15, 0.2) is 0 Å². The van der Waals surface area contributed by atoms with Crippen molar-refractivity contribution in [2.75, 3.05) is 23.8 Å². The molecule has 44 heavy (non-hydrogen) atoms. The first-order valence-corrected chi connectivity index (χ1v) is 14.8. The minimum atomic E-state index is -1.21. The summed E-state index contributed by atoms with van der Waals surface area (Å²) in [4.78, 5) is 23.5. The van der Waals surface area contributed by atoms with Gasteiger partial charge in [0.2, 0.25) is 11.8 Å². The summed E-state index contributed by atoms with van der Waals surface area (Å²) in [6.45, 7) is 14.4. The average molecular weight is 599 g/mol. The molecule has 8 heteroatoms. The highest BCUT2D eigenvalue weighted by Crippen LogP contribution is 2.47. The number of aliphatic hydroxyl groups is 2. The second kappa shape index (κ2) is 12.7. The molecule has 0 saturated carbocycles. The highest BCUT2D eigenvalue weighted by Gasteiger charge is 2.27. The molecule has 232 valence electrons. The predicted molar refractivity (Wildman–Crippen MR) is 176 cm³/mol. The standard InChI is InChI=1S/C36H42N2O6/c1-9-43-33-27(25-13-11-23(37-21(3)39)19-31(25)35(5,6)41)15-18-30-29(33)17-16-28(34(30)44-10-2)26-14-12-24(38-22(4)40)20-32(26)36(7,8)42/h11-20,41-42H,9-10H2,1-8H3,(H,37,39)(H,38,40). The third-order valence-corrected chi connectivity index (χ3v) is 7.26. The molecular formula is C36H42N2O6. The first kappa shape index (κ1) is 32.5. The Kier molecular flexibility index (Phi) is 9.37. The number of nitrogens with one attached hydrogen (secondary N) is 2. The molecule has 0 atom stereocenters. The lowest BCUT2D eigenvalue weighted by Crippen LogP contribution is -2.18. The van der Waals surface area contributed by atoms with E-state index in [1.165, 1.54) is 13.8 Å². The fourth-order valence-corrected chi connectivity index (χ4v) is 5.51.